The lowest BCUT2D eigenvalue weighted by molar-refractivity contribution is 0.102. The largest absolute Gasteiger partial charge is 0.385 e. The van der Waals surface area contributed by atoms with Gasteiger partial charge in [-0.1, -0.05) is 6.07 Å². The van der Waals surface area contributed by atoms with Crippen LogP contribution in [0, 0.1) is 5.82 Å². The Morgan fingerprint density at radius 1 is 1.36 bits per heavy atom. The summed E-state index contributed by atoms with van der Waals surface area (Å²) in [6, 6.07) is 7.17. The first kappa shape index (κ1) is 15.8. The summed E-state index contributed by atoms with van der Waals surface area (Å²) in [5.74, 6) is -0.475. The third-order valence-corrected chi connectivity index (χ3v) is 2.78. The number of benzene rings is 1. The molecule has 0 saturated carbocycles. The maximum atomic E-state index is 13.1. The molecule has 0 saturated heterocycles. The van der Waals surface area contributed by atoms with Crippen molar-refractivity contribution in [2.75, 3.05) is 30.9 Å². The summed E-state index contributed by atoms with van der Waals surface area (Å²) in [4.78, 5) is 20.2. The molecule has 6 nitrogen and oxygen atoms in total. The molecule has 0 bridgehead atoms. The summed E-state index contributed by atoms with van der Waals surface area (Å²) in [5, 5.41) is 5.59. The van der Waals surface area contributed by atoms with Crippen LogP contribution in [0.3, 0.4) is 0 Å². The van der Waals surface area contributed by atoms with E-state index in [1.807, 2.05) is 0 Å². The highest BCUT2D eigenvalue weighted by molar-refractivity contribution is 6.02. The first-order valence-corrected chi connectivity index (χ1v) is 6.82. The molecule has 0 radical (unpaired) electrons. The Labute approximate surface area is 127 Å². The van der Waals surface area contributed by atoms with E-state index in [1.54, 1.807) is 13.2 Å². The lowest BCUT2D eigenvalue weighted by Gasteiger charge is -2.07. The monoisotopic (exact) mass is 304 g/mol. The molecule has 0 aliphatic carbocycles. The summed E-state index contributed by atoms with van der Waals surface area (Å²) in [6.45, 7) is 1.27. The van der Waals surface area contributed by atoms with E-state index in [2.05, 4.69) is 20.6 Å². The normalized spacial score (nSPS) is 10.3. The van der Waals surface area contributed by atoms with Gasteiger partial charge in [0.2, 0.25) is 5.95 Å². The zero-order valence-corrected chi connectivity index (χ0v) is 12.2. The van der Waals surface area contributed by atoms with Crippen molar-refractivity contribution in [3.8, 4) is 0 Å². The zero-order valence-electron chi connectivity index (χ0n) is 12.2. The van der Waals surface area contributed by atoms with E-state index in [0.29, 0.717) is 24.8 Å². The number of carbonyl (C=O) groups is 1. The number of hydrogen-bond acceptors (Lipinski definition) is 5. The highest BCUT2D eigenvalue weighted by Gasteiger charge is 2.09. The molecule has 0 atom stereocenters. The van der Waals surface area contributed by atoms with E-state index >= 15 is 0 Å². The topological polar surface area (TPSA) is 76.1 Å². The van der Waals surface area contributed by atoms with E-state index in [0.717, 1.165) is 6.42 Å². The highest BCUT2D eigenvalue weighted by Crippen LogP contribution is 2.11. The van der Waals surface area contributed by atoms with Gasteiger partial charge in [-0.3, -0.25) is 4.79 Å². The number of aromatic nitrogens is 2. The Morgan fingerprint density at radius 2 is 2.23 bits per heavy atom. The third-order valence-electron chi connectivity index (χ3n) is 2.78. The number of hydrogen-bond donors (Lipinski definition) is 2. The summed E-state index contributed by atoms with van der Waals surface area (Å²) in [7, 11) is 1.63. The second-order valence-electron chi connectivity index (χ2n) is 4.50. The molecule has 2 rings (SSSR count). The molecule has 22 heavy (non-hydrogen) atoms. The Hall–Kier alpha value is -2.54. The van der Waals surface area contributed by atoms with E-state index in [1.165, 1.54) is 30.5 Å². The van der Waals surface area contributed by atoms with Gasteiger partial charge >= 0.3 is 0 Å². The van der Waals surface area contributed by atoms with Gasteiger partial charge in [0.05, 0.1) is 0 Å². The maximum absolute atomic E-state index is 13.1. The fraction of sp³-hybridized carbons (Fsp3) is 0.267. The highest BCUT2D eigenvalue weighted by atomic mass is 19.1. The number of nitrogens with one attached hydrogen (secondary N) is 2. The summed E-state index contributed by atoms with van der Waals surface area (Å²) in [6.07, 6.45) is 2.30. The Kier molecular flexibility index (Phi) is 5.79. The van der Waals surface area contributed by atoms with Crippen molar-refractivity contribution >= 4 is 17.5 Å². The number of ether oxygens (including phenoxy) is 1. The smallest absolute Gasteiger partial charge is 0.274 e. The molecule has 1 amide bonds. The van der Waals surface area contributed by atoms with Crippen molar-refractivity contribution in [2.24, 2.45) is 0 Å². The lowest BCUT2D eigenvalue weighted by atomic mass is 10.3. The predicted molar refractivity (Wildman–Crippen MR) is 81.4 cm³/mol. The molecule has 0 fully saturated rings. The standard InChI is InChI=1S/C15H17FN4O2/c1-22-9-3-7-17-15-18-8-6-13(20-15)14(21)19-12-5-2-4-11(16)10-12/h2,4-6,8,10H,3,7,9H2,1H3,(H,19,21)(H,17,18,20). The van der Waals surface area contributed by atoms with Crippen molar-refractivity contribution in [1.29, 1.82) is 0 Å². The van der Waals surface area contributed by atoms with Gasteiger partial charge in [-0.15, -0.1) is 0 Å². The van der Waals surface area contributed by atoms with E-state index < -0.39 is 11.7 Å². The van der Waals surface area contributed by atoms with Crippen LogP contribution in [0.15, 0.2) is 36.5 Å². The number of halogens is 1. The Bertz CT molecular complexity index is 636. The summed E-state index contributed by atoms with van der Waals surface area (Å²) < 4.78 is 18.0. The number of anilines is 2. The van der Waals surface area contributed by atoms with Crippen LogP contribution in [0.4, 0.5) is 16.0 Å². The van der Waals surface area contributed by atoms with Gasteiger partial charge in [0.15, 0.2) is 0 Å². The number of rotatable bonds is 7. The van der Waals surface area contributed by atoms with E-state index in [4.69, 9.17) is 4.74 Å². The number of carbonyl (C=O) groups excluding carboxylic acids is 1. The van der Waals surface area contributed by atoms with Gasteiger partial charge in [0, 0.05) is 32.1 Å². The first-order valence-electron chi connectivity index (χ1n) is 6.82. The molecule has 1 aromatic carbocycles. The van der Waals surface area contributed by atoms with Gasteiger partial charge in [-0.05, 0) is 30.7 Å². The van der Waals surface area contributed by atoms with Crippen LogP contribution in [-0.2, 0) is 4.74 Å². The Balaban J connectivity index is 1.97. The van der Waals surface area contributed by atoms with Crippen LogP contribution >= 0.6 is 0 Å². The Morgan fingerprint density at radius 3 is 3.00 bits per heavy atom. The van der Waals surface area contributed by atoms with Crippen LogP contribution in [0.5, 0.6) is 0 Å². The fourth-order valence-corrected chi connectivity index (χ4v) is 1.75. The molecule has 1 aromatic heterocycles. The average Bonchev–Trinajstić information content (AvgIpc) is 2.52. The number of nitrogens with zero attached hydrogens (tertiary/aromatic N) is 2. The molecule has 2 aromatic rings. The zero-order chi connectivity index (χ0) is 15.8. The number of methoxy groups -OCH3 is 1. The molecular formula is C15H17FN4O2. The molecule has 7 heteroatoms. The van der Waals surface area contributed by atoms with Gasteiger partial charge < -0.3 is 15.4 Å². The lowest BCUT2D eigenvalue weighted by Crippen LogP contribution is -2.16. The predicted octanol–water partition coefficient (Wildman–Crippen LogP) is 2.32. The minimum absolute atomic E-state index is 0.202. The third kappa shape index (κ3) is 4.78. The maximum Gasteiger partial charge on any atom is 0.274 e. The van der Waals surface area contributed by atoms with Crippen LogP contribution in [0.2, 0.25) is 0 Å². The van der Waals surface area contributed by atoms with Gasteiger partial charge in [-0.2, -0.15) is 0 Å². The molecule has 0 aliphatic rings. The van der Waals surface area contributed by atoms with Crippen LogP contribution in [0.25, 0.3) is 0 Å². The quantitative estimate of drug-likeness (QED) is 0.768. The van der Waals surface area contributed by atoms with Crippen molar-refractivity contribution in [2.45, 2.75) is 6.42 Å². The summed E-state index contributed by atoms with van der Waals surface area (Å²) in [5.41, 5.74) is 0.576. The minimum atomic E-state index is -0.423. The van der Waals surface area contributed by atoms with Gasteiger partial charge in [0.25, 0.3) is 5.91 Å². The van der Waals surface area contributed by atoms with Crippen LogP contribution < -0.4 is 10.6 Å². The molecule has 1 heterocycles. The van der Waals surface area contributed by atoms with E-state index in [-0.39, 0.29) is 5.69 Å². The molecule has 0 unspecified atom stereocenters. The molecular weight excluding hydrogens is 287 g/mol. The minimum Gasteiger partial charge on any atom is -0.385 e. The molecule has 116 valence electrons. The summed E-state index contributed by atoms with van der Waals surface area (Å²) >= 11 is 0. The van der Waals surface area contributed by atoms with Gasteiger partial charge in [0.1, 0.15) is 11.5 Å². The van der Waals surface area contributed by atoms with Crippen LogP contribution in [0.1, 0.15) is 16.9 Å². The molecule has 0 aliphatic heterocycles. The fourth-order valence-electron chi connectivity index (χ4n) is 1.75. The SMILES string of the molecule is COCCCNc1nccc(C(=O)Nc2cccc(F)c2)n1. The van der Waals surface area contributed by atoms with Gasteiger partial charge in [-0.25, -0.2) is 14.4 Å². The molecule has 2 N–H and O–H groups in total. The first-order chi connectivity index (χ1) is 10.7. The number of amides is 1. The second kappa shape index (κ2) is 8.04. The molecule has 0 spiro atoms. The van der Waals surface area contributed by atoms with Crippen molar-refractivity contribution < 1.29 is 13.9 Å². The second-order valence-corrected chi connectivity index (χ2v) is 4.50. The van der Waals surface area contributed by atoms with Crippen molar-refractivity contribution in [3.05, 3.63) is 48.0 Å². The van der Waals surface area contributed by atoms with Crippen LogP contribution in [-0.4, -0.2) is 36.1 Å². The average molecular weight is 304 g/mol. The van der Waals surface area contributed by atoms with Crippen molar-refractivity contribution in [3.63, 3.8) is 0 Å². The van der Waals surface area contributed by atoms with Crippen molar-refractivity contribution in [1.82, 2.24) is 9.97 Å². The van der Waals surface area contributed by atoms with E-state index in [9.17, 15) is 9.18 Å².